The molecule has 5 nitrogen and oxygen atoms in total. The largest absolute Gasteiger partial charge is 0.417 e. The maximum atomic E-state index is 13.5. The molecule has 0 saturated heterocycles. The number of alkyl halides is 5. The number of amides is 1. The number of hydrogen-bond acceptors (Lipinski definition) is 3. The van der Waals surface area contributed by atoms with E-state index in [1.165, 1.54) is 12.1 Å². The molecule has 4 rings (SSSR count). The van der Waals surface area contributed by atoms with Crippen LogP contribution in [0, 0.1) is 11.8 Å². The van der Waals surface area contributed by atoms with E-state index in [1.54, 1.807) is 0 Å². The summed E-state index contributed by atoms with van der Waals surface area (Å²) in [5.74, 6) is -0.663. The minimum Gasteiger partial charge on any atom is -0.273 e. The van der Waals surface area contributed by atoms with Crippen molar-refractivity contribution in [3.63, 3.8) is 0 Å². The number of fused-ring (bicyclic) bond motifs is 1. The monoisotopic (exact) mass is 370 g/mol. The zero-order chi connectivity index (χ0) is 18.6. The number of halogens is 5. The van der Waals surface area contributed by atoms with E-state index < -0.39 is 18.3 Å². The highest BCUT2D eigenvalue weighted by atomic mass is 19.4. The van der Waals surface area contributed by atoms with Gasteiger partial charge in [0.25, 0.3) is 0 Å². The number of carbonyl (C=O) groups is 1. The van der Waals surface area contributed by atoms with Gasteiger partial charge >= 0.3 is 12.7 Å². The molecular formula is C16H11F5N4O. The van der Waals surface area contributed by atoms with E-state index in [9.17, 15) is 26.7 Å². The topological polar surface area (TPSA) is 59.3 Å². The molecular weight excluding hydrogens is 359 g/mol. The zero-order valence-electron chi connectivity index (χ0n) is 13.0. The summed E-state index contributed by atoms with van der Waals surface area (Å²) >= 11 is 0. The highest BCUT2D eigenvalue weighted by Gasteiger charge is 2.49. The molecule has 1 aromatic heterocycles. The number of benzene rings is 1. The van der Waals surface area contributed by atoms with Gasteiger partial charge in [-0.25, -0.2) is 10.1 Å². The molecule has 10 heteroatoms. The Labute approximate surface area is 143 Å². The van der Waals surface area contributed by atoms with Gasteiger partial charge in [0, 0.05) is 23.6 Å². The second kappa shape index (κ2) is 5.61. The molecule has 26 heavy (non-hydrogen) atoms. The first-order chi connectivity index (χ1) is 12.3. The van der Waals surface area contributed by atoms with Gasteiger partial charge in [-0.2, -0.15) is 32.2 Å². The SMILES string of the molecule is O=C1NN=C(c2ccc(-c3cnn(C(F)F)c3)c(C(F)(F)F)c2)[C@@H]2C[C@H]12. The number of nitrogens with zero attached hydrogens (tertiary/aromatic N) is 3. The summed E-state index contributed by atoms with van der Waals surface area (Å²) in [5.41, 5.74) is 1.67. The van der Waals surface area contributed by atoms with Gasteiger partial charge in [0.1, 0.15) is 0 Å². The molecule has 2 aliphatic rings. The summed E-state index contributed by atoms with van der Waals surface area (Å²) < 4.78 is 66.2. The molecule has 2 aromatic rings. The maximum absolute atomic E-state index is 13.5. The molecule has 1 amide bonds. The van der Waals surface area contributed by atoms with Crippen molar-refractivity contribution in [2.45, 2.75) is 19.1 Å². The van der Waals surface area contributed by atoms with Crippen LogP contribution in [0.15, 0.2) is 35.7 Å². The molecule has 0 spiro atoms. The molecule has 1 aliphatic carbocycles. The minimum absolute atomic E-state index is 0.0626. The molecule has 0 radical (unpaired) electrons. The van der Waals surface area contributed by atoms with E-state index in [4.69, 9.17) is 0 Å². The Balaban J connectivity index is 1.77. The number of hydrogen-bond donors (Lipinski definition) is 1. The molecule has 1 aromatic carbocycles. The molecule has 1 N–H and O–H groups in total. The van der Waals surface area contributed by atoms with Crippen molar-refractivity contribution in [2.75, 3.05) is 0 Å². The van der Waals surface area contributed by atoms with Gasteiger partial charge < -0.3 is 0 Å². The summed E-state index contributed by atoms with van der Waals surface area (Å²) in [6, 6.07) is 3.58. The Kier molecular flexibility index (Phi) is 3.60. The summed E-state index contributed by atoms with van der Waals surface area (Å²) in [6.07, 6.45) is -2.31. The van der Waals surface area contributed by atoms with Crippen LogP contribution in [0.25, 0.3) is 11.1 Å². The molecule has 0 unspecified atom stereocenters. The Morgan fingerprint density at radius 2 is 1.96 bits per heavy atom. The van der Waals surface area contributed by atoms with Crippen LogP contribution in [-0.2, 0) is 11.0 Å². The molecule has 136 valence electrons. The van der Waals surface area contributed by atoms with E-state index in [0.29, 0.717) is 16.8 Å². The average molecular weight is 370 g/mol. The average Bonchev–Trinajstić information content (AvgIpc) is 3.23. The van der Waals surface area contributed by atoms with E-state index in [2.05, 4.69) is 15.6 Å². The number of nitrogens with one attached hydrogen (secondary N) is 1. The predicted octanol–water partition coefficient (Wildman–Crippen LogP) is 3.43. The van der Waals surface area contributed by atoms with Crippen LogP contribution in [-0.4, -0.2) is 21.4 Å². The van der Waals surface area contributed by atoms with Gasteiger partial charge in [0.05, 0.1) is 17.5 Å². The Morgan fingerprint density at radius 3 is 2.62 bits per heavy atom. The van der Waals surface area contributed by atoms with Crippen LogP contribution >= 0.6 is 0 Å². The van der Waals surface area contributed by atoms with Gasteiger partial charge in [-0.1, -0.05) is 12.1 Å². The lowest BCUT2D eigenvalue weighted by atomic mass is 9.95. The van der Waals surface area contributed by atoms with Crippen molar-refractivity contribution in [1.82, 2.24) is 15.2 Å². The van der Waals surface area contributed by atoms with E-state index in [0.717, 1.165) is 18.5 Å². The maximum Gasteiger partial charge on any atom is 0.417 e. The normalized spacial score (nSPS) is 22.1. The molecule has 1 saturated carbocycles. The van der Waals surface area contributed by atoms with Crippen LogP contribution in [0.2, 0.25) is 0 Å². The highest BCUT2D eigenvalue weighted by Crippen LogP contribution is 2.45. The molecule has 0 bridgehead atoms. The van der Waals surface area contributed by atoms with E-state index in [1.807, 2.05) is 0 Å². The third kappa shape index (κ3) is 2.74. The first-order valence-electron chi connectivity index (χ1n) is 7.67. The fraction of sp³-hybridized carbons (Fsp3) is 0.312. The third-order valence-corrected chi connectivity index (χ3v) is 4.50. The van der Waals surface area contributed by atoms with Gasteiger partial charge in [-0.15, -0.1) is 0 Å². The van der Waals surface area contributed by atoms with Crippen LogP contribution in [0.3, 0.4) is 0 Å². The summed E-state index contributed by atoms with van der Waals surface area (Å²) in [6.45, 7) is -2.94. The zero-order valence-corrected chi connectivity index (χ0v) is 13.0. The molecule has 2 heterocycles. The second-order valence-corrected chi connectivity index (χ2v) is 6.17. The van der Waals surface area contributed by atoms with Crippen molar-refractivity contribution in [2.24, 2.45) is 16.9 Å². The first kappa shape index (κ1) is 16.7. The number of hydrazone groups is 1. The van der Waals surface area contributed by atoms with Gasteiger partial charge in [0.15, 0.2) is 0 Å². The first-order valence-corrected chi connectivity index (χ1v) is 7.67. The number of carbonyl (C=O) groups excluding carboxylic acids is 1. The summed E-state index contributed by atoms with van der Waals surface area (Å²) in [5, 5.41) is 7.27. The minimum atomic E-state index is -4.69. The second-order valence-electron chi connectivity index (χ2n) is 6.17. The van der Waals surface area contributed by atoms with Gasteiger partial charge in [-0.05, 0) is 23.6 Å². The van der Waals surface area contributed by atoms with Gasteiger partial charge in [0.2, 0.25) is 5.91 Å². The highest BCUT2D eigenvalue weighted by molar-refractivity contribution is 6.09. The number of rotatable bonds is 3. The Bertz CT molecular complexity index is 918. The van der Waals surface area contributed by atoms with Crippen LogP contribution in [0.1, 0.15) is 24.1 Å². The van der Waals surface area contributed by atoms with Crippen molar-refractivity contribution in [1.29, 1.82) is 0 Å². The van der Waals surface area contributed by atoms with Crippen LogP contribution in [0.5, 0.6) is 0 Å². The van der Waals surface area contributed by atoms with Crippen molar-refractivity contribution in [3.05, 3.63) is 41.7 Å². The van der Waals surface area contributed by atoms with Crippen LogP contribution in [0.4, 0.5) is 22.0 Å². The van der Waals surface area contributed by atoms with Crippen molar-refractivity contribution < 1.29 is 26.7 Å². The molecule has 1 fully saturated rings. The Morgan fingerprint density at radius 1 is 1.19 bits per heavy atom. The third-order valence-electron chi connectivity index (χ3n) is 4.50. The quantitative estimate of drug-likeness (QED) is 0.842. The molecule has 2 atom stereocenters. The summed E-state index contributed by atoms with van der Waals surface area (Å²) in [4.78, 5) is 11.5. The summed E-state index contributed by atoms with van der Waals surface area (Å²) in [7, 11) is 0. The van der Waals surface area contributed by atoms with E-state index >= 15 is 0 Å². The van der Waals surface area contributed by atoms with E-state index in [-0.39, 0.29) is 34.4 Å². The fourth-order valence-corrected chi connectivity index (χ4v) is 3.12. The Hall–Kier alpha value is -2.78. The number of aromatic nitrogens is 2. The predicted molar refractivity (Wildman–Crippen MR) is 80.2 cm³/mol. The van der Waals surface area contributed by atoms with Crippen molar-refractivity contribution in [3.8, 4) is 11.1 Å². The van der Waals surface area contributed by atoms with Crippen molar-refractivity contribution >= 4 is 11.6 Å². The standard InChI is InChI=1S/C16H11F5N4O/c17-15(18)25-6-8(5-22-25)9-2-1-7(3-12(9)16(19,20)21)13-10-4-11(10)14(26)24-23-13/h1-3,5-6,10-11,15H,4H2,(H,24,26)/t10-,11+/m1/s1. The lowest BCUT2D eigenvalue weighted by Gasteiger charge is -2.16. The fourth-order valence-electron chi connectivity index (χ4n) is 3.12. The van der Waals surface area contributed by atoms with Crippen LogP contribution < -0.4 is 5.43 Å². The lowest BCUT2D eigenvalue weighted by Crippen LogP contribution is -2.29. The van der Waals surface area contributed by atoms with Gasteiger partial charge in [-0.3, -0.25) is 4.79 Å². The molecule has 1 aliphatic heterocycles. The smallest absolute Gasteiger partial charge is 0.273 e. The lowest BCUT2D eigenvalue weighted by molar-refractivity contribution is -0.137.